The lowest BCUT2D eigenvalue weighted by atomic mass is 10.00. The highest BCUT2D eigenvalue weighted by Gasteiger charge is 2.39. The molecule has 1 aromatic rings. The van der Waals surface area contributed by atoms with Crippen molar-refractivity contribution in [3.63, 3.8) is 0 Å². The Hall–Kier alpha value is -1.75. The van der Waals surface area contributed by atoms with Gasteiger partial charge in [-0.2, -0.15) is 0 Å². The second-order valence-electron chi connectivity index (χ2n) is 6.31. The van der Waals surface area contributed by atoms with Crippen molar-refractivity contribution in [1.29, 1.82) is 0 Å². The molecular weight excluding hydrogens is 268 g/mol. The number of ether oxygens (including phenoxy) is 2. The van der Waals surface area contributed by atoms with Gasteiger partial charge in [0.15, 0.2) is 0 Å². The molecule has 1 saturated heterocycles. The van der Waals surface area contributed by atoms with Crippen LogP contribution in [0.5, 0.6) is 5.75 Å². The SMILES string of the molecule is COc1ccccc1[C@@H]1[C@@H](N)CCN1C(=O)OC(C)(C)C. The highest BCUT2D eigenvalue weighted by Crippen LogP contribution is 2.37. The van der Waals surface area contributed by atoms with Crippen molar-refractivity contribution in [3.8, 4) is 5.75 Å². The Labute approximate surface area is 126 Å². The average molecular weight is 292 g/mol. The van der Waals surface area contributed by atoms with Crippen LogP contribution >= 0.6 is 0 Å². The summed E-state index contributed by atoms with van der Waals surface area (Å²) >= 11 is 0. The zero-order chi connectivity index (χ0) is 15.6. The van der Waals surface area contributed by atoms with Gasteiger partial charge in [-0.15, -0.1) is 0 Å². The van der Waals surface area contributed by atoms with Crippen molar-refractivity contribution in [2.24, 2.45) is 5.73 Å². The number of carbonyl (C=O) groups excluding carboxylic acids is 1. The highest BCUT2D eigenvalue weighted by molar-refractivity contribution is 5.70. The molecule has 0 unspecified atom stereocenters. The fraction of sp³-hybridized carbons (Fsp3) is 0.562. The number of methoxy groups -OCH3 is 1. The van der Waals surface area contributed by atoms with Crippen molar-refractivity contribution in [1.82, 2.24) is 4.90 Å². The van der Waals surface area contributed by atoms with Crippen LogP contribution in [-0.2, 0) is 4.74 Å². The molecule has 21 heavy (non-hydrogen) atoms. The largest absolute Gasteiger partial charge is 0.496 e. The van der Waals surface area contributed by atoms with E-state index in [0.717, 1.165) is 17.7 Å². The lowest BCUT2D eigenvalue weighted by Crippen LogP contribution is -2.39. The van der Waals surface area contributed by atoms with Gasteiger partial charge in [-0.3, -0.25) is 4.90 Å². The van der Waals surface area contributed by atoms with Crippen LogP contribution in [0.25, 0.3) is 0 Å². The Morgan fingerprint density at radius 2 is 2.00 bits per heavy atom. The van der Waals surface area contributed by atoms with Gasteiger partial charge in [0.1, 0.15) is 11.4 Å². The molecule has 2 rings (SSSR count). The monoisotopic (exact) mass is 292 g/mol. The normalized spacial score (nSPS) is 22.2. The molecule has 5 nitrogen and oxygen atoms in total. The number of para-hydroxylation sites is 1. The number of carbonyl (C=O) groups is 1. The molecule has 1 amide bonds. The zero-order valence-electron chi connectivity index (χ0n) is 13.1. The van der Waals surface area contributed by atoms with Crippen molar-refractivity contribution >= 4 is 6.09 Å². The number of amides is 1. The minimum absolute atomic E-state index is 0.117. The first kappa shape index (κ1) is 15.6. The van der Waals surface area contributed by atoms with Gasteiger partial charge in [0.2, 0.25) is 0 Å². The van der Waals surface area contributed by atoms with Crippen LogP contribution in [0.2, 0.25) is 0 Å². The van der Waals surface area contributed by atoms with Gasteiger partial charge >= 0.3 is 6.09 Å². The predicted molar refractivity (Wildman–Crippen MR) is 81.3 cm³/mol. The second-order valence-corrected chi connectivity index (χ2v) is 6.31. The fourth-order valence-corrected chi connectivity index (χ4v) is 2.65. The maximum absolute atomic E-state index is 12.4. The molecule has 1 aliphatic rings. The third kappa shape index (κ3) is 3.47. The van der Waals surface area contributed by atoms with Gasteiger partial charge in [-0.05, 0) is 33.3 Å². The molecule has 5 heteroatoms. The minimum Gasteiger partial charge on any atom is -0.496 e. The Bertz CT molecular complexity index is 510. The number of hydrogen-bond donors (Lipinski definition) is 1. The molecule has 0 aromatic heterocycles. The standard InChI is InChI=1S/C16H24N2O3/c1-16(2,3)21-15(19)18-10-9-12(17)14(18)11-7-5-6-8-13(11)20-4/h5-8,12,14H,9-10,17H2,1-4H3/t12-,14+/m0/s1. The summed E-state index contributed by atoms with van der Waals surface area (Å²) < 4.78 is 10.9. The molecule has 0 spiro atoms. The van der Waals surface area contributed by atoms with Gasteiger partial charge < -0.3 is 15.2 Å². The maximum atomic E-state index is 12.4. The van der Waals surface area contributed by atoms with E-state index in [1.165, 1.54) is 0 Å². The van der Waals surface area contributed by atoms with E-state index >= 15 is 0 Å². The molecular formula is C16H24N2O3. The molecule has 0 saturated carbocycles. The number of hydrogen-bond acceptors (Lipinski definition) is 4. The summed E-state index contributed by atoms with van der Waals surface area (Å²) in [6.45, 7) is 6.18. The van der Waals surface area contributed by atoms with Crippen LogP contribution < -0.4 is 10.5 Å². The Balaban J connectivity index is 2.29. The summed E-state index contributed by atoms with van der Waals surface area (Å²) in [6, 6.07) is 7.33. The second kappa shape index (κ2) is 5.93. The molecule has 1 aromatic carbocycles. The number of nitrogens with two attached hydrogens (primary N) is 1. The number of rotatable bonds is 2. The first-order valence-electron chi connectivity index (χ1n) is 7.21. The molecule has 2 N–H and O–H groups in total. The van der Waals surface area contributed by atoms with Gasteiger partial charge in [-0.25, -0.2) is 4.79 Å². The van der Waals surface area contributed by atoms with Crippen molar-refractivity contribution in [2.75, 3.05) is 13.7 Å². The van der Waals surface area contributed by atoms with E-state index in [1.54, 1.807) is 12.0 Å². The lowest BCUT2D eigenvalue weighted by molar-refractivity contribution is 0.0217. The number of benzene rings is 1. The van der Waals surface area contributed by atoms with E-state index < -0.39 is 5.60 Å². The predicted octanol–water partition coefficient (Wildman–Crippen LogP) is 2.70. The van der Waals surface area contributed by atoms with Gasteiger partial charge in [0.25, 0.3) is 0 Å². The summed E-state index contributed by atoms with van der Waals surface area (Å²) in [5.74, 6) is 0.744. The van der Waals surface area contributed by atoms with E-state index in [0.29, 0.717) is 6.54 Å². The fourth-order valence-electron chi connectivity index (χ4n) is 2.65. The summed E-state index contributed by atoms with van der Waals surface area (Å²) in [6.07, 6.45) is 0.424. The zero-order valence-corrected chi connectivity index (χ0v) is 13.1. The quantitative estimate of drug-likeness (QED) is 0.910. The molecule has 1 aliphatic heterocycles. The van der Waals surface area contributed by atoms with E-state index in [9.17, 15) is 4.79 Å². The lowest BCUT2D eigenvalue weighted by Gasteiger charge is -2.30. The van der Waals surface area contributed by atoms with Crippen LogP contribution in [0.15, 0.2) is 24.3 Å². The first-order valence-corrected chi connectivity index (χ1v) is 7.21. The van der Waals surface area contributed by atoms with Crippen LogP contribution in [0, 0.1) is 0 Å². The van der Waals surface area contributed by atoms with Crippen LogP contribution in [0.3, 0.4) is 0 Å². The topological polar surface area (TPSA) is 64.8 Å². The van der Waals surface area contributed by atoms with Gasteiger partial charge in [0, 0.05) is 18.2 Å². The third-order valence-electron chi connectivity index (χ3n) is 3.53. The smallest absolute Gasteiger partial charge is 0.410 e. The number of nitrogens with zero attached hydrogens (tertiary/aromatic N) is 1. The van der Waals surface area contributed by atoms with Gasteiger partial charge in [0.05, 0.1) is 13.2 Å². The molecule has 2 atom stereocenters. The summed E-state index contributed by atoms with van der Waals surface area (Å²) in [5.41, 5.74) is 6.63. The Morgan fingerprint density at radius 3 is 2.62 bits per heavy atom. The van der Waals surface area contributed by atoms with Crippen LogP contribution in [0.4, 0.5) is 4.79 Å². The third-order valence-corrected chi connectivity index (χ3v) is 3.53. The van der Waals surface area contributed by atoms with Crippen molar-refractivity contribution in [3.05, 3.63) is 29.8 Å². The van der Waals surface area contributed by atoms with E-state index in [4.69, 9.17) is 15.2 Å². The summed E-state index contributed by atoms with van der Waals surface area (Å²) in [7, 11) is 1.62. The molecule has 0 radical (unpaired) electrons. The van der Waals surface area contributed by atoms with Crippen LogP contribution in [0.1, 0.15) is 38.8 Å². The van der Waals surface area contributed by atoms with E-state index in [1.807, 2.05) is 45.0 Å². The molecule has 0 bridgehead atoms. The van der Waals surface area contributed by atoms with Crippen molar-refractivity contribution in [2.45, 2.75) is 44.9 Å². The highest BCUT2D eigenvalue weighted by atomic mass is 16.6. The Morgan fingerprint density at radius 1 is 1.33 bits per heavy atom. The van der Waals surface area contributed by atoms with Crippen molar-refractivity contribution < 1.29 is 14.3 Å². The molecule has 116 valence electrons. The van der Waals surface area contributed by atoms with Crippen LogP contribution in [-0.4, -0.2) is 36.3 Å². The summed E-state index contributed by atoms with van der Waals surface area (Å²) in [4.78, 5) is 14.1. The minimum atomic E-state index is -0.519. The average Bonchev–Trinajstić information content (AvgIpc) is 2.78. The first-order chi connectivity index (χ1) is 9.83. The molecule has 1 fully saturated rings. The molecule has 1 heterocycles. The summed E-state index contributed by atoms with van der Waals surface area (Å²) in [5, 5.41) is 0. The number of likely N-dealkylation sites (tertiary alicyclic amines) is 1. The Kier molecular flexibility index (Phi) is 4.42. The molecule has 0 aliphatic carbocycles. The maximum Gasteiger partial charge on any atom is 0.410 e. The van der Waals surface area contributed by atoms with Gasteiger partial charge in [-0.1, -0.05) is 18.2 Å². The van der Waals surface area contributed by atoms with E-state index in [-0.39, 0.29) is 18.2 Å². The van der Waals surface area contributed by atoms with E-state index in [2.05, 4.69) is 0 Å².